The van der Waals surface area contributed by atoms with Gasteiger partial charge in [0.2, 0.25) is 0 Å². The molecule has 0 spiro atoms. The van der Waals surface area contributed by atoms with E-state index < -0.39 is 0 Å². The predicted molar refractivity (Wildman–Crippen MR) is 109 cm³/mol. The van der Waals surface area contributed by atoms with E-state index in [1.807, 2.05) is 40.9 Å². The second-order valence-corrected chi connectivity index (χ2v) is 8.38. The molecule has 2 saturated heterocycles. The molecule has 2 unspecified atom stereocenters. The number of nitrogens with zero attached hydrogens (tertiary/aromatic N) is 4. The average Bonchev–Trinajstić information content (AvgIpc) is 3.47. The lowest BCUT2D eigenvalue weighted by Gasteiger charge is -2.38. The van der Waals surface area contributed by atoms with Gasteiger partial charge in [-0.05, 0) is 30.7 Å². The summed E-state index contributed by atoms with van der Waals surface area (Å²) in [6.45, 7) is 2.22. The molecule has 8 nitrogen and oxygen atoms in total. The van der Waals surface area contributed by atoms with Crippen LogP contribution < -0.4 is 15.3 Å². The van der Waals surface area contributed by atoms with Crippen molar-refractivity contribution >= 4 is 22.9 Å². The largest absolute Gasteiger partial charge is 0.497 e. The molecule has 29 heavy (non-hydrogen) atoms. The van der Waals surface area contributed by atoms with Gasteiger partial charge in [0.15, 0.2) is 6.61 Å². The summed E-state index contributed by atoms with van der Waals surface area (Å²) in [7, 11) is 1.62. The average molecular weight is 414 g/mol. The van der Waals surface area contributed by atoms with Crippen LogP contribution in [0.1, 0.15) is 17.0 Å². The van der Waals surface area contributed by atoms with Crippen LogP contribution in [-0.4, -0.2) is 64.6 Å². The van der Waals surface area contributed by atoms with Gasteiger partial charge in [-0.2, -0.15) is 0 Å². The van der Waals surface area contributed by atoms with E-state index in [-0.39, 0.29) is 18.6 Å². The van der Waals surface area contributed by atoms with Crippen LogP contribution >= 0.6 is 11.3 Å². The molecule has 2 bridgehead atoms. The third kappa shape index (κ3) is 3.30. The molecular weight excluding hydrogens is 390 g/mol. The molecule has 1 amide bonds. The molecule has 1 aromatic heterocycles. The fourth-order valence-electron chi connectivity index (χ4n) is 4.40. The molecule has 5 rings (SSSR count). The number of ether oxygens (including phenoxy) is 2. The number of aromatic nitrogens is 1. The van der Waals surface area contributed by atoms with Crippen molar-refractivity contribution in [1.29, 1.82) is 0 Å². The quantitative estimate of drug-likeness (QED) is 0.744. The number of nitrogens with two attached hydrogens (primary N) is 1. The summed E-state index contributed by atoms with van der Waals surface area (Å²) in [5, 5.41) is 1.69. The van der Waals surface area contributed by atoms with Crippen molar-refractivity contribution in [2.45, 2.75) is 25.0 Å². The highest BCUT2D eigenvalue weighted by Crippen LogP contribution is 2.40. The van der Waals surface area contributed by atoms with Gasteiger partial charge in [-0.3, -0.25) is 4.79 Å². The first-order valence-corrected chi connectivity index (χ1v) is 10.5. The van der Waals surface area contributed by atoms with Gasteiger partial charge >= 0.3 is 0 Å². The number of amides is 1. The first-order chi connectivity index (χ1) is 14.1. The van der Waals surface area contributed by atoms with Crippen LogP contribution in [0.25, 0.3) is 5.70 Å². The standard InChI is InChI=1S/C20H23N5O3S/c1-27-15-2-4-16(5-3-15)28-11-19(26)25-8-13-6-14(25)7-24(13)18-10-23(21)9-17-20(18)29-12-22-17/h2-5,10,12-14H,6-9,11,21H2,1H3. The molecule has 1 aromatic carbocycles. The third-order valence-corrected chi connectivity index (χ3v) is 6.68. The van der Waals surface area contributed by atoms with E-state index >= 15 is 0 Å². The zero-order chi connectivity index (χ0) is 20.0. The molecule has 3 aliphatic rings. The Hall–Kier alpha value is -2.78. The highest BCUT2D eigenvalue weighted by molar-refractivity contribution is 7.10. The molecule has 9 heteroatoms. The van der Waals surface area contributed by atoms with E-state index in [0.717, 1.165) is 30.1 Å². The fraction of sp³-hybridized carbons (Fsp3) is 0.400. The number of hydrogen-bond donors (Lipinski definition) is 1. The highest BCUT2D eigenvalue weighted by Gasteiger charge is 2.46. The van der Waals surface area contributed by atoms with Crippen molar-refractivity contribution in [2.24, 2.45) is 5.84 Å². The number of hydrazine groups is 1. The van der Waals surface area contributed by atoms with Crippen molar-refractivity contribution in [2.75, 3.05) is 26.8 Å². The smallest absolute Gasteiger partial charge is 0.260 e. The molecule has 2 aromatic rings. The molecule has 0 aliphatic carbocycles. The number of methoxy groups -OCH3 is 1. The van der Waals surface area contributed by atoms with Crippen molar-refractivity contribution in [3.63, 3.8) is 0 Å². The molecule has 152 valence electrons. The minimum Gasteiger partial charge on any atom is -0.497 e. The van der Waals surface area contributed by atoms with Gasteiger partial charge in [0, 0.05) is 25.3 Å². The summed E-state index contributed by atoms with van der Waals surface area (Å²) in [6.07, 6.45) is 2.98. The van der Waals surface area contributed by atoms with Gasteiger partial charge in [-0.1, -0.05) is 0 Å². The molecule has 3 aliphatic heterocycles. The molecule has 2 fully saturated rings. The van der Waals surface area contributed by atoms with E-state index in [4.69, 9.17) is 15.3 Å². The molecule has 2 atom stereocenters. The SMILES string of the molecule is COc1ccc(OCC(=O)N2CC3CC2CN3C2=CN(N)Cc3ncsc32)cc1. The fourth-order valence-corrected chi connectivity index (χ4v) is 5.23. The van der Waals surface area contributed by atoms with Crippen LogP contribution in [0.2, 0.25) is 0 Å². The van der Waals surface area contributed by atoms with Gasteiger partial charge in [-0.25, -0.2) is 10.8 Å². The molecule has 4 heterocycles. The van der Waals surface area contributed by atoms with Crippen LogP contribution in [-0.2, 0) is 11.3 Å². The van der Waals surface area contributed by atoms with Crippen molar-refractivity contribution < 1.29 is 14.3 Å². The molecular formula is C20H23N5O3S. The first-order valence-electron chi connectivity index (χ1n) is 9.61. The highest BCUT2D eigenvalue weighted by atomic mass is 32.1. The van der Waals surface area contributed by atoms with E-state index in [1.54, 1.807) is 23.5 Å². The third-order valence-electron chi connectivity index (χ3n) is 5.79. The lowest BCUT2D eigenvalue weighted by molar-refractivity contribution is -0.135. The number of piperazine rings is 1. The summed E-state index contributed by atoms with van der Waals surface area (Å²) >= 11 is 1.65. The zero-order valence-electron chi connectivity index (χ0n) is 16.2. The van der Waals surface area contributed by atoms with Crippen LogP contribution in [0.5, 0.6) is 11.5 Å². The maximum Gasteiger partial charge on any atom is 0.260 e. The summed E-state index contributed by atoms with van der Waals surface area (Å²) in [5.74, 6) is 7.52. The number of carbonyl (C=O) groups is 1. The maximum absolute atomic E-state index is 12.7. The number of hydrogen-bond acceptors (Lipinski definition) is 8. The Kier molecular flexibility index (Phi) is 4.56. The Balaban J connectivity index is 1.21. The first kappa shape index (κ1) is 18.3. The molecule has 0 saturated carbocycles. The summed E-state index contributed by atoms with van der Waals surface area (Å²) in [6, 6.07) is 7.77. The Morgan fingerprint density at radius 3 is 2.76 bits per heavy atom. The van der Waals surface area contributed by atoms with Crippen molar-refractivity contribution in [1.82, 2.24) is 19.8 Å². The number of thiazole rings is 1. The Bertz CT molecular complexity index is 944. The van der Waals surface area contributed by atoms with Crippen LogP contribution in [0.3, 0.4) is 0 Å². The normalized spacial score (nSPS) is 22.6. The van der Waals surface area contributed by atoms with E-state index in [9.17, 15) is 4.79 Å². The minimum absolute atomic E-state index is 0.0320. The van der Waals surface area contributed by atoms with Crippen LogP contribution in [0, 0.1) is 0 Å². The van der Waals surface area contributed by atoms with Crippen LogP contribution in [0.4, 0.5) is 0 Å². The van der Waals surface area contributed by atoms with Gasteiger partial charge in [0.1, 0.15) is 11.5 Å². The van der Waals surface area contributed by atoms with Crippen molar-refractivity contribution in [3.8, 4) is 11.5 Å². The zero-order valence-corrected chi connectivity index (χ0v) is 17.0. The van der Waals surface area contributed by atoms with E-state index in [2.05, 4.69) is 9.88 Å². The molecule has 2 N–H and O–H groups in total. The summed E-state index contributed by atoms with van der Waals surface area (Å²) in [4.78, 5) is 22.7. The number of benzene rings is 1. The number of rotatable bonds is 5. The number of likely N-dealkylation sites (tertiary alicyclic amines) is 2. The second kappa shape index (κ2) is 7.23. The predicted octanol–water partition coefficient (Wildman–Crippen LogP) is 1.50. The second-order valence-electron chi connectivity index (χ2n) is 7.52. The topological polar surface area (TPSA) is 84.2 Å². The van der Waals surface area contributed by atoms with Gasteiger partial charge in [0.05, 0.1) is 41.5 Å². The Morgan fingerprint density at radius 2 is 2.03 bits per heavy atom. The lowest BCUT2D eigenvalue weighted by Crippen LogP contribution is -2.49. The van der Waals surface area contributed by atoms with Crippen LogP contribution in [0.15, 0.2) is 36.0 Å². The lowest BCUT2D eigenvalue weighted by atomic mass is 10.2. The Morgan fingerprint density at radius 1 is 1.24 bits per heavy atom. The van der Waals surface area contributed by atoms with Crippen molar-refractivity contribution in [3.05, 3.63) is 46.5 Å². The minimum atomic E-state index is 0.0320. The molecule has 0 radical (unpaired) electrons. The van der Waals surface area contributed by atoms with Gasteiger partial charge in [0.25, 0.3) is 5.91 Å². The van der Waals surface area contributed by atoms with E-state index in [1.165, 1.54) is 4.88 Å². The van der Waals surface area contributed by atoms with Gasteiger partial charge < -0.3 is 24.3 Å². The number of fused-ring (bicyclic) bond motifs is 3. The van der Waals surface area contributed by atoms with E-state index in [0.29, 0.717) is 24.9 Å². The summed E-state index contributed by atoms with van der Waals surface area (Å²) in [5.41, 5.74) is 4.03. The summed E-state index contributed by atoms with van der Waals surface area (Å²) < 4.78 is 10.8. The number of carbonyl (C=O) groups excluding carboxylic acids is 1. The monoisotopic (exact) mass is 413 g/mol. The van der Waals surface area contributed by atoms with Gasteiger partial charge in [-0.15, -0.1) is 11.3 Å². The maximum atomic E-state index is 12.7. The Labute approximate surface area is 173 Å².